The van der Waals surface area contributed by atoms with Crippen LogP contribution in [0.3, 0.4) is 0 Å². The van der Waals surface area contributed by atoms with Crippen molar-refractivity contribution in [1.82, 2.24) is 0 Å². The van der Waals surface area contributed by atoms with Crippen molar-refractivity contribution < 1.29 is 0 Å². The van der Waals surface area contributed by atoms with Gasteiger partial charge < -0.3 is 0 Å². The van der Waals surface area contributed by atoms with Crippen molar-refractivity contribution in [2.75, 3.05) is 0 Å². The Hall–Kier alpha value is 0. The van der Waals surface area contributed by atoms with E-state index in [0.717, 1.165) is 5.92 Å². The van der Waals surface area contributed by atoms with Gasteiger partial charge in [-0.2, -0.15) is 0 Å². The summed E-state index contributed by atoms with van der Waals surface area (Å²) in [5.41, 5.74) is 1.65. The Labute approximate surface area is 218 Å². The molecule has 0 aromatic heterocycles. The molecule has 0 saturated heterocycles. The highest BCUT2D eigenvalue weighted by Gasteiger charge is 2.42. The lowest BCUT2D eigenvalue weighted by Crippen LogP contribution is -2.38. The first-order valence-corrected chi connectivity index (χ1v) is 16.1. The second-order valence-electron chi connectivity index (χ2n) is 14.3. The van der Waals surface area contributed by atoms with Crippen molar-refractivity contribution in [3.05, 3.63) is 0 Å². The molecule has 0 amide bonds. The van der Waals surface area contributed by atoms with Crippen LogP contribution in [-0.4, -0.2) is 0 Å². The van der Waals surface area contributed by atoms with E-state index in [2.05, 4.69) is 48.5 Å². The zero-order valence-corrected chi connectivity index (χ0v) is 25.3. The summed E-state index contributed by atoms with van der Waals surface area (Å²) in [6.45, 7) is 17.6. The average Bonchev–Trinajstić information content (AvgIpc) is 2.78. The van der Waals surface area contributed by atoms with Crippen molar-refractivity contribution in [2.45, 2.75) is 196 Å². The van der Waals surface area contributed by atoms with Crippen LogP contribution in [0.4, 0.5) is 0 Å². The van der Waals surface area contributed by atoms with Crippen molar-refractivity contribution in [3.8, 4) is 0 Å². The summed E-state index contributed by atoms with van der Waals surface area (Å²) in [7, 11) is 0. The molecule has 0 heterocycles. The van der Waals surface area contributed by atoms with E-state index in [9.17, 15) is 0 Å². The van der Waals surface area contributed by atoms with Crippen LogP contribution < -0.4 is 0 Å². The molecule has 0 N–H and O–H groups in total. The molecule has 0 heteroatoms. The third kappa shape index (κ3) is 13.3. The predicted molar refractivity (Wildman–Crippen MR) is 157 cm³/mol. The van der Waals surface area contributed by atoms with Gasteiger partial charge in [0.15, 0.2) is 0 Å². The van der Waals surface area contributed by atoms with Gasteiger partial charge in [-0.25, -0.2) is 0 Å². The summed E-state index contributed by atoms with van der Waals surface area (Å²) in [4.78, 5) is 0. The molecule has 1 rings (SSSR count). The van der Waals surface area contributed by atoms with Crippen molar-refractivity contribution >= 4 is 0 Å². The smallest absolute Gasteiger partial charge is 0.0272 e. The van der Waals surface area contributed by atoms with E-state index in [1.54, 1.807) is 0 Å². The van der Waals surface area contributed by atoms with Crippen LogP contribution in [0.25, 0.3) is 0 Å². The maximum absolute atomic E-state index is 2.74. The molecule has 2 atom stereocenters. The van der Waals surface area contributed by atoms with Gasteiger partial charge in [-0.05, 0) is 60.7 Å². The van der Waals surface area contributed by atoms with Gasteiger partial charge in [0, 0.05) is 0 Å². The normalized spacial score (nSPS) is 25.4. The molecule has 204 valence electrons. The zero-order valence-electron chi connectivity index (χ0n) is 25.3. The minimum atomic E-state index is 0.536. The lowest BCUT2D eigenvalue weighted by atomic mass is 9.57. The zero-order chi connectivity index (χ0) is 25.3. The van der Waals surface area contributed by atoms with Gasteiger partial charge in [0.25, 0.3) is 0 Å². The third-order valence-electron chi connectivity index (χ3n) is 9.96. The standard InChI is InChI=1S/C34H68/c1-8-9-10-20-27-33(6,30-23-16-17-24-31(2)3)34(7)28-21-13-11-12-18-25-32(4,5)26-19-14-15-22-29-34/h31H,8-30H2,1-7H3. The van der Waals surface area contributed by atoms with Gasteiger partial charge in [0.1, 0.15) is 0 Å². The summed E-state index contributed by atoms with van der Waals surface area (Å²) in [5, 5.41) is 0. The molecular weight excluding hydrogens is 408 g/mol. The topological polar surface area (TPSA) is 0 Å². The second-order valence-corrected chi connectivity index (χ2v) is 14.3. The van der Waals surface area contributed by atoms with E-state index in [-0.39, 0.29) is 0 Å². The predicted octanol–water partition coefficient (Wildman–Crippen LogP) is 12.7. The van der Waals surface area contributed by atoms with E-state index in [1.165, 1.54) is 148 Å². The van der Waals surface area contributed by atoms with Crippen LogP contribution in [0.2, 0.25) is 0 Å². The van der Waals surface area contributed by atoms with Gasteiger partial charge in [-0.1, -0.05) is 158 Å². The minimum absolute atomic E-state index is 0.536. The van der Waals surface area contributed by atoms with Crippen molar-refractivity contribution in [2.24, 2.45) is 22.2 Å². The lowest BCUT2D eigenvalue weighted by Gasteiger charge is -2.48. The SMILES string of the molecule is CCCCCCC(C)(CCCCCC(C)C)C1(C)CCCCCCCC(C)(C)CCCCCC1. The summed E-state index contributed by atoms with van der Waals surface area (Å²) in [6, 6.07) is 0. The summed E-state index contributed by atoms with van der Waals surface area (Å²) < 4.78 is 0. The first-order valence-electron chi connectivity index (χ1n) is 16.1. The molecular formula is C34H68. The largest absolute Gasteiger partial charge is 0.0654 e. The molecule has 1 fully saturated rings. The van der Waals surface area contributed by atoms with Crippen LogP contribution >= 0.6 is 0 Å². The molecule has 2 unspecified atom stereocenters. The van der Waals surface area contributed by atoms with E-state index >= 15 is 0 Å². The summed E-state index contributed by atoms with van der Waals surface area (Å²) in [6.07, 6.45) is 33.4. The molecule has 0 aromatic carbocycles. The molecule has 0 aromatic rings. The fraction of sp³-hybridized carbons (Fsp3) is 1.00. The Bertz CT molecular complexity index is 474. The molecule has 1 saturated carbocycles. The quantitative estimate of drug-likeness (QED) is 0.246. The molecule has 0 nitrogen and oxygen atoms in total. The molecule has 0 bridgehead atoms. The fourth-order valence-electron chi connectivity index (χ4n) is 6.89. The van der Waals surface area contributed by atoms with Gasteiger partial charge in [-0.15, -0.1) is 0 Å². The van der Waals surface area contributed by atoms with Crippen molar-refractivity contribution in [1.29, 1.82) is 0 Å². The van der Waals surface area contributed by atoms with E-state index < -0.39 is 0 Å². The second kappa shape index (κ2) is 17.5. The minimum Gasteiger partial charge on any atom is -0.0654 e. The number of hydrogen-bond donors (Lipinski definition) is 0. The maximum atomic E-state index is 2.74. The van der Waals surface area contributed by atoms with Crippen LogP contribution in [0, 0.1) is 22.2 Å². The lowest BCUT2D eigenvalue weighted by molar-refractivity contribution is 0.0208. The van der Waals surface area contributed by atoms with Crippen LogP contribution in [0.1, 0.15) is 196 Å². The monoisotopic (exact) mass is 477 g/mol. The number of hydrogen-bond acceptors (Lipinski definition) is 0. The third-order valence-corrected chi connectivity index (χ3v) is 9.96. The molecule has 0 aliphatic heterocycles. The Morgan fingerprint density at radius 2 is 1.03 bits per heavy atom. The maximum Gasteiger partial charge on any atom is -0.0272 e. The number of rotatable bonds is 12. The highest BCUT2D eigenvalue weighted by atomic mass is 14.5. The van der Waals surface area contributed by atoms with Gasteiger partial charge in [0.05, 0.1) is 0 Å². The van der Waals surface area contributed by atoms with E-state index in [1.807, 2.05) is 0 Å². The van der Waals surface area contributed by atoms with Crippen LogP contribution in [0.15, 0.2) is 0 Å². The van der Waals surface area contributed by atoms with Crippen molar-refractivity contribution in [3.63, 3.8) is 0 Å². The Kier molecular flexibility index (Phi) is 16.4. The van der Waals surface area contributed by atoms with E-state index in [4.69, 9.17) is 0 Å². The highest BCUT2D eigenvalue weighted by Crippen LogP contribution is 2.53. The average molecular weight is 477 g/mol. The Morgan fingerprint density at radius 3 is 1.50 bits per heavy atom. The number of unbranched alkanes of at least 4 members (excludes halogenated alkanes) is 5. The first kappa shape index (κ1) is 32.0. The fourth-order valence-corrected chi connectivity index (χ4v) is 6.89. The Balaban J connectivity index is 2.84. The molecule has 0 radical (unpaired) electrons. The molecule has 1 aliphatic carbocycles. The first-order chi connectivity index (χ1) is 16.1. The summed E-state index contributed by atoms with van der Waals surface area (Å²) >= 11 is 0. The van der Waals surface area contributed by atoms with Crippen LogP contribution in [0.5, 0.6) is 0 Å². The Morgan fingerprint density at radius 1 is 0.588 bits per heavy atom. The van der Waals surface area contributed by atoms with E-state index in [0.29, 0.717) is 16.2 Å². The highest BCUT2D eigenvalue weighted by molar-refractivity contribution is 4.92. The molecule has 34 heavy (non-hydrogen) atoms. The van der Waals surface area contributed by atoms with Gasteiger partial charge in [-0.3, -0.25) is 0 Å². The van der Waals surface area contributed by atoms with Gasteiger partial charge in [0.2, 0.25) is 0 Å². The molecule has 0 spiro atoms. The van der Waals surface area contributed by atoms with Gasteiger partial charge >= 0.3 is 0 Å². The summed E-state index contributed by atoms with van der Waals surface area (Å²) in [5.74, 6) is 0.868. The molecule has 1 aliphatic rings. The van der Waals surface area contributed by atoms with Crippen LogP contribution in [-0.2, 0) is 0 Å².